The van der Waals surface area contributed by atoms with Crippen molar-refractivity contribution in [3.05, 3.63) is 59.7 Å². The molecule has 2 N–H and O–H groups in total. The molecular weight excluding hydrogens is 262 g/mol. The minimum atomic E-state index is -0.418. The van der Waals surface area contributed by atoms with E-state index in [-0.39, 0.29) is 5.91 Å². The molecule has 0 bridgehead atoms. The molecule has 3 rings (SSSR count). The van der Waals surface area contributed by atoms with E-state index in [1.165, 1.54) is 0 Å². The fraction of sp³-hybridized carbons (Fsp3) is 0.176. The maximum absolute atomic E-state index is 12.4. The van der Waals surface area contributed by atoms with Crippen molar-refractivity contribution in [2.75, 3.05) is 17.7 Å². The van der Waals surface area contributed by atoms with Crippen molar-refractivity contribution in [1.29, 1.82) is 0 Å². The zero-order valence-corrected chi connectivity index (χ0v) is 12.1. The quantitative estimate of drug-likeness (QED) is 0.815. The highest BCUT2D eigenvalue weighted by Crippen LogP contribution is 2.29. The van der Waals surface area contributed by atoms with Gasteiger partial charge >= 0.3 is 0 Å². The number of nitrogen functional groups attached to an aromatic ring is 1. The number of carbonyl (C=O) groups excluding carboxylic acids is 1. The van der Waals surface area contributed by atoms with Crippen LogP contribution in [0, 0.1) is 0 Å². The van der Waals surface area contributed by atoms with Crippen LogP contribution in [0.1, 0.15) is 18.1 Å². The van der Waals surface area contributed by atoms with Crippen LogP contribution in [0.3, 0.4) is 0 Å². The van der Waals surface area contributed by atoms with Gasteiger partial charge in [-0.15, -0.1) is 0 Å². The van der Waals surface area contributed by atoms with Crippen LogP contribution >= 0.6 is 0 Å². The Morgan fingerprint density at radius 3 is 2.57 bits per heavy atom. The number of rotatable bonds is 1. The maximum Gasteiger partial charge on any atom is 0.251 e. The molecular formula is C17H17N3O. The molecule has 2 aromatic carbocycles. The van der Waals surface area contributed by atoms with Crippen LogP contribution in [0.5, 0.6) is 0 Å². The number of amides is 1. The highest BCUT2D eigenvalue weighted by atomic mass is 16.2. The molecule has 21 heavy (non-hydrogen) atoms. The Kier molecular flexibility index (Phi) is 3.22. The van der Waals surface area contributed by atoms with Crippen LogP contribution in [0.4, 0.5) is 11.4 Å². The summed E-state index contributed by atoms with van der Waals surface area (Å²) in [6.07, 6.45) is 0. The Morgan fingerprint density at radius 1 is 1.14 bits per heavy atom. The smallest absolute Gasteiger partial charge is 0.251 e. The van der Waals surface area contributed by atoms with Gasteiger partial charge in [-0.1, -0.05) is 30.3 Å². The van der Waals surface area contributed by atoms with E-state index < -0.39 is 6.04 Å². The Bertz CT molecular complexity index is 722. The standard InChI is InChI=1S/C17H17N3O/c1-11-17(21)20(2)15-9-8-13(18)10-14(15)16(19-11)12-6-4-3-5-7-12/h3-11H,18H2,1-2H3/t11-/m0/s1. The first-order valence-electron chi connectivity index (χ1n) is 6.88. The monoisotopic (exact) mass is 279 g/mol. The third-order valence-corrected chi connectivity index (χ3v) is 3.70. The molecule has 1 amide bonds. The van der Waals surface area contributed by atoms with Crippen LogP contribution in [-0.2, 0) is 4.79 Å². The second-order valence-corrected chi connectivity index (χ2v) is 5.19. The molecule has 0 aromatic heterocycles. The minimum absolute atomic E-state index is 0.0213. The van der Waals surface area contributed by atoms with Crippen molar-refractivity contribution in [2.45, 2.75) is 13.0 Å². The maximum atomic E-state index is 12.4. The molecule has 0 unspecified atom stereocenters. The van der Waals surface area contributed by atoms with E-state index in [2.05, 4.69) is 4.99 Å². The fourth-order valence-electron chi connectivity index (χ4n) is 2.58. The predicted molar refractivity (Wildman–Crippen MR) is 85.8 cm³/mol. The molecule has 0 fully saturated rings. The van der Waals surface area contributed by atoms with Gasteiger partial charge in [0, 0.05) is 23.9 Å². The van der Waals surface area contributed by atoms with Crippen molar-refractivity contribution in [3.8, 4) is 0 Å². The summed E-state index contributed by atoms with van der Waals surface area (Å²) in [6.45, 7) is 1.82. The first kappa shape index (κ1) is 13.4. The van der Waals surface area contributed by atoms with Gasteiger partial charge in [-0.2, -0.15) is 0 Å². The first-order chi connectivity index (χ1) is 10.1. The van der Waals surface area contributed by atoms with Crippen molar-refractivity contribution < 1.29 is 4.79 Å². The number of nitrogens with zero attached hydrogens (tertiary/aromatic N) is 2. The molecule has 0 aliphatic carbocycles. The average molecular weight is 279 g/mol. The largest absolute Gasteiger partial charge is 0.399 e. The number of anilines is 2. The number of benzodiazepines with no additional fused rings is 1. The summed E-state index contributed by atoms with van der Waals surface area (Å²) >= 11 is 0. The van der Waals surface area contributed by atoms with Crippen LogP contribution in [0.25, 0.3) is 0 Å². The van der Waals surface area contributed by atoms with Gasteiger partial charge in [-0.3, -0.25) is 9.79 Å². The summed E-state index contributed by atoms with van der Waals surface area (Å²) in [5.74, 6) is -0.0213. The highest BCUT2D eigenvalue weighted by molar-refractivity contribution is 6.20. The van der Waals surface area contributed by atoms with Crippen LogP contribution in [0.2, 0.25) is 0 Å². The molecule has 0 radical (unpaired) electrons. The SMILES string of the molecule is C[C@@H]1N=C(c2ccccc2)c2cc(N)ccc2N(C)C1=O. The number of hydrogen-bond acceptors (Lipinski definition) is 3. The van der Waals surface area contributed by atoms with Crippen LogP contribution in [-0.4, -0.2) is 24.7 Å². The third kappa shape index (κ3) is 2.29. The van der Waals surface area contributed by atoms with Gasteiger partial charge in [0.15, 0.2) is 0 Å². The van der Waals surface area contributed by atoms with E-state index in [0.717, 1.165) is 22.5 Å². The average Bonchev–Trinajstić information content (AvgIpc) is 2.59. The van der Waals surface area contributed by atoms with E-state index in [4.69, 9.17) is 5.73 Å². The lowest BCUT2D eigenvalue weighted by molar-refractivity contribution is -0.119. The van der Waals surface area contributed by atoms with Crippen molar-refractivity contribution >= 4 is 23.0 Å². The zero-order valence-electron chi connectivity index (χ0n) is 12.1. The zero-order chi connectivity index (χ0) is 15.0. The van der Waals surface area contributed by atoms with Crippen molar-refractivity contribution in [2.24, 2.45) is 4.99 Å². The molecule has 4 heteroatoms. The van der Waals surface area contributed by atoms with Crippen molar-refractivity contribution in [3.63, 3.8) is 0 Å². The van der Waals surface area contributed by atoms with Crippen LogP contribution in [0.15, 0.2) is 53.5 Å². The minimum Gasteiger partial charge on any atom is -0.399 e. The van der Waals surface area contributed by atoms with E-state index in [1.54, 1.807) is 18.0 Å². The molecule has 2 aromatic rings. The lowest BCUT2D eigenvalue weighted by atomic mass is 10.00. The lowest BCUT2D eigenvalue weighted by Gasteiger charge is -2.19. The van der Waals surface area contributed by atoms with Gasteiger partial charge in [0.25, 0.3) is 5.91 Å². The highest BCUT2D eigenvalue weighted by Gasteiger charge is 2.27. The Morgan fingerprint density at radius 2 is 1.86 bits per heavy atom. The molecule has 1 aliphatic rings. The Labute approximate surface area is 123 Å². The van der Waals surface area contributed by atoms with Gasteiger partial charge in [0.1, 0.15) is 6.04 Å². The van der Waals surface area contributed by atoms with Gasteiger partial charge in [-0.25, -0.2) is 0 Å². The topological polar surface area (TPSA) is 58.7 Å². The summed E-state index contributed by atoms with van der Waals surface area (Å²) in [5, 5.41) is 0. The van der Waals surface area contributed by atoms with Crippen LogP contribution < -0.4 is 10.6 Å². The van der Waals surface area contributed by atoms with E-state index in [0.29, 0.717) is 5.69 Å². The molecule has 1 atom stereocenters. The number of carbonyl (C=O) groups is 1. The Balaban J connectivity index is 2.27. The third-order valence-electron chi connectivity index (χ3n) is 3.70. The predicted octanol–water partition coefficient (Wildman–Crippen LogP) is 2.47. The van der Waals surface area contributed by atoms with Gasteiger partial charge in [-0.05, 0) is 25.1 Å². The van der Waals surface area contributed by atoms with E-state index in [1.807, 2.05) is 49.4 Å². The summed E-state index contributed by atoms with van der Waals surface area (Å²) in [6, 6.07) is 15.0. The summed E-state index contributed by atoms with van der Waals surface area (Å²) in [4.78, 5) is 18.6. The second-order valence-electron chi connectivity index (χ2n) is 5.19. The number of aliphatic imine (C=N–C) groups is 1. The second kappa shape index (κ2) is 5.05. The number of benzene rings is 2. The van der Waals surface area contributed by atoms with Gasteiger partial charge in [0.05, 0.1) is 11.4 Å². The number of nitrogens with two attached hydrogens (primary N) is 1. The summed E-state index contributed by atoms with van der Waals surface area (Å²) < 4.78 is 0. The number of fused-ring (bicyclic) bond motifs is 1. The molecule has 0 saturated heterocycles. The number of likely N-dealkylation sites (N-methyl/N-ethyl adjacent to an activating group) is 1. The lowest BCUT2D eigenvalue weighted by Crippen LogP contribution is -2.32. The molecule has 1 aliphatic heterocycles. The molecule has 4 nitrogen and oxygen atoms in total. The first-order valence-corrected chi connectivity index (χ1v) is 6.88. The molecule has 106 valence electrons. The summed E-state index contributed by atoms with van der Waals surface area (Å²) in [5.41, 5.74) is 10.1. The fourth-order valence-corrected chi connectivity index (χ4v) is 2.58. The summed E-state index contributed by atoms with van der Waals surface area (Å²) in [7, 11) is 1.78. The van der Waals surface area contributed by atoms with Gasteiger partial charge in [0.2, 0.25) is 0 Å². The number of hydrogen-bond donors (Lipinski definition) is 1. The molecule has 1 heterocycles. The van der Waals surface area contributed by atoms with Gasteiger partial charge < -0.3 is 10.6 Å². The van der Waals surface area contributed by atoms with E-state index in [9.17, 15) is 4.79 Å². The normalized spacial score (nSPS) is 18.0. The Hall–Kier alpha value is -2.62. The molecule has 0 saturated carbocycles. The molecule has 0 spiro atoms. The van der Waals surface area contributed by atoms with E-state index >= 15 is 0 Å². The van der Waals surface area contributed by atoms with Crippen molar-refractivity contribution in [1.82, 2.24) is 0 Å².